The number of sulfonamides is 1. The summed E-state index contributed by atoms with van der Waals surface area (Å²) in [6.45, 7) is 5.14. The molecule has 0 aliphatic heterocycles. The van der Waals surface area contributed by atoms with Crippen molar-refractivity contribution < 1.29 is 18.0 Å². The molecule has 4 aromatic carbocycles. The van der Waals surface area contributed by atoms with Crippen LogP contribution >= 0.6 is 27.5 Å². The molecule has 4 aromatic rings. The SMILES string of the molecule is CC(C)(C)NC(=O)[C@H](Cc1ccccc1)N(Cc1cccc(Br)c1)C(=O)CN(c1cccc(Cl)c1)S(=O)(=O)c1ccccc1. The van der Waals surface area contributed by atoms with Gasteiger partial charge in [-0.15, -0.1) is 0 Å². The molecule has 0 heterocycles. The number of nitrogens with one attached hydrogen (secondary N) is 1. The predicted molar refractivity (Wildman–Crippen MR) is 179 cm³/mol. The van der Waals surface area contributed by atoms with Crippen LogP contribution in [-0.4, -0.2) is 43.3 Å². The molecule has 0 fully saturated rings. The zero-order chi connectivity index (χ0) is 31.9. The van der Waals surface area contributed by atoms with Crippen LogP contribution in [0.4, 0.5) is 5.69 Å². The Labute approximate surface area is 273 Å². The molecule has 7 nitrogen and oxygen atoms in total. The van der Waals surface area contributed by atoms with Gasteiger partial charge in [0.1, 0.15) is 12.6 Å². The Morgan fingerprint density at radius 2 is 1.45 bits per heavy atom. The van der Waals surface area contributed by atoms with Gasteiger partial charge in [-0.3, -0.25) is 13.9 Å². The van der Waals surface area contributed by atoms with Gasteiger partial charge in [0.05, 0.1) is 10.6 Å². The maximum atomic E-state index is 14.5. The van der Waals surface area contributed by atoms with Crippen LogP contribution in [0.15, 0.2) is 119 Å². The van der Waals surface area contributed by atoms with Gasteiger partial charge in [-0.05, 0) is 74.4 Å². The molecule has 0 saturated carbocycles. The zero-order valence-corrected chi connectivity index (χ0v) is 27.9. The second-order valence-electron chi connectivity index (χ2n) is 11.4. The van der Waals surface area contributed by atoms with E-state index in [1.807, 2.05) is 75.4 Å². The first-order valence-corrected chi connectivity index (χ1v) is 16.7. The predicted octanol–water partition coefficient (Wildman–Crippen LogP) is 6.85. The number of benzene rings is 4. The van der Waals surface area contributed by atoms with Crippen LogP contribution < -0.4 is 9.62 Å². The number of rotatable bonds is 11. The standard InChI is InChI=1S/C34H35BrClN3O4S/c1-34(2,3)37-33(41)31(21-25-12-6-4-7-13-25)38(23-26-14-10-15-27(35)20-26)32(40)24-39(29-17-11-16-28(36)22-29)44(42,43)30-18-8-5-9-19-30/h4-20,22,31H,21,23-24H2,1-3H3,(H,37,41)/t31-/m0/s1. The normalized spacial score (nSPS) is 12.3. The molecule has 4 rings (SSSR count). The Bertz CT molecular complexity index is 1700. The van der Waals surface area contributed by atoms with Gasteiger partial charge in [0.25, 0.3) is 10.0 Å². The van der Waals surface area contributed by atoms with Crippen LogP contribution in [-0.2, 0) is 32.6 Å². The van der Waals surface area contributed by atoms with Crippen molar-refractivity contribution in [2.24, 2.45) is 0 Å². The Morgan fingerprint density at radius 3 is 2.07 bits per heavy atom. The Morgan fingerprint density at radius 1 is 0.841 bits per heavy atom. The van der Waals surface area contributed by atoms with E-state index in [1.165, 1.54) is 23.1 Å². The Balaban J connectivity index is 1.82. The summed E-state index contributed by atoms with van der Waals surface area (Å²) in [5.74, 6) is -0.889. The van der Waals surface area contributed by atoms with Crippen LogP contribution in [0, 0.1) is 0 Å². The Hall–Kier alpha value is -3.66. The van der Waals surface area contributed by atoms with Crippen molar-refractivity contribution in [3.05, 3.63) is 130 Å². The number of nitrogens with zero attached hydrogens (tertiary/aromatic N) is 2. The molecule has 0 spiro atoms. The number of halogens is 2. The van der Waals surface area contributed by atoms with Crippen molar-refractivity contribution >= 4 is 55.1 Å². The molecule has 1 atom stereocenters. The molecule has 44 heavy (non-hydrogen) atoms. The summed E-state index contributed by atoms with van der Waals surface area (Å²) >= 11 is 9.77. The minimum atomic E-state index is -4.19. The van der Waals surface area contributed by atoms with Crippen molar-refractivity contribution in [1.29, 1.82) is 0 Å². The summed E-state index contributed by atoms with van der Waals surface area (Å²) in [6.07, 6.45) is 0.227. The molecule has 0 aliphatic carbocycles. The van der Waals surface area contributed by atoms with Crippen molar-refractivity contribution in [2.75, 3.05) is 10.8 Å². The van der Waals surface area contributed by atoms with Crippen LogP contribution in [0.3, 0.4) is 0 Å². The van der Waals surface area contributed by atoms with Crippen LogP contribution in [0.5, 0.6) is 0 Å². The lowest BCUT2D eigenvalue weighted by Gasteiger charge is -2.35. The molecule has 2 amide bonds. The number of carbonyl (C=O) groups excluding carboxylic acids is 2. The number of carbonyl (C=O) groups is 2. The van der Waals surface area contributed by atoms with Gasteiger partial charge in [0.15, 0.2) is 0 Å². The molecule has 10 heteroatoms. The number of hydrogen-bond acceptors (Lipinski definition) is 4. The molecule has 0 bridgehead atoms. The largest absolute Gasteiger partial charge is 0.350 e. The van der Waals surface area contributed by atoms with Gasteiger partial charge >= 0.3 is 0 Å². The Kier molecular flexibility index (Phi) is 10.9. The third kappa shape index (κ3) is 8.94. The fourth-order valence-electron chi connectivity index (χ4n) is 4.72. The molecule has 1 N–H and O–H groups in total. The topological polar surface area (TPSA) is 86.8 Å². The molecule has 0 aliphatic rings. The lowest BCUT2D eigenvalue weighted by Crippen LogP contribution is -2.56. The number of amides is 2. The van der Waals surface area contributed by atoms with E-state index < -0.39 is 34.1 Å². The highest BCUT2D eigenvalue weighted by atomic mass is 79.9. The third-order valence-electron chi connectivity index (χ3n) is 6.72. The quantitative estimate of drug-likeness (QED) is 0.186. The van der Waals surface area contributed by atoms with E-state index in [1.54, 1.807) is 36.4 Å². The van der Waals surface area contributed by atoms with Gasteiger partial charge in [-0.2, -0.15) is 0 Å². The van der Waals surface area contributed by atoms with Crippen LogP contribution in [0.25, 0.3) is 0 Å². The molecular weight excluding hydrogens is 662 g/mol. The third-order valence-corrected chi connectivity index (χ3v) is 9.23. The highest BCUT2D eigenvalue weighted by Gasteiger charge is 2.35. The summed E-state index contributed by atoms with van der Waals surface area (Å²) in [5, 5.41) is 3.35. The lowest BCUT2D eigenvalue weighted by atomic mass is 10.0. The van der Waals surface area contributed by atoms with E-state index in [9.17, 15) is 18.0 Å². The van der Waals surface area contributed by atoms with Crippen LogP contribution in [0.1, 0.15) is 31.9 Å². The average molecular weight is 697 g/mol. The summed E-state index contributed by atoms with van der Waals surface area (Å²) in [7, 11) is -4.19. The fourth-order valence-corrected chi connectivity index (χ4v) is 6.78. The highest BCUT2D eigenvalue weighted by Crippen LogP contribution is 2.27. The molecule has 0 radical (unpaired) electrons. The van der Waals surface area contributed by atoms with E-state index in [0.717, 1.165) is 19.9 Å². The van der Waals surface area contributed by atoms with Gasteiger partial charge in [0, 0.05) is 28.0 Å². The van der Waals surface area contributed by atoms with Crippen molar-refractivity contribution in [3.8, 4) is 0 Å². The van der Waals surface area contributed by atoms with Gasteiger partial charge in [0.2, 0.25) is 11.8 Å². The van der Waals surface area contributed by atoms with E-state index >= 15 is 0 Å². The van der Waals surface area contributed by atoms with E-state index in [2.05, 4.69) is 21.2 Å². The smallest absolute Gasteiger partial charge is 0.264 e. The zero-order valence-electron chi connectivity index (χ0n) is 24.8. The number of anilines is 1. The van der Waals surface area contributed by atoms with E-state index in [-0.39, 0.29) is 29.5 Å². The van der Waals surface area contributed by atoms with Crippen LogP contribution in [0.2, 0.25) is 5.02 Å². The minimum absolute atomic E-state index is 0.0256. The molecular formula is C34H35BrClN3O4S. The fraction of sp³-hybridized carbons (Fsp3) is 0.235. The summed E-state index contributed by atoms with van der Waals surface area (Å²) in [6, 6.07) is 30.2. The summed E-state index contributed by atoms with van der Waals surface area (Å²) in [4.78, 5) is 29.9. The second-order valence-corrected chi connectivity index (χ2v) is 14.6. The molecule has 0 unspecified atom stereocenters. The molecule has 0 saturated heterocycles. The van der Waals surface area contributed by atoms with Crippen molar-refractivity contribution in [3.63, 3.8) is 0 Å². The van der Waals surface area contributed by atoms with E-state index in [0.29, 0.717) is 5.02 Å². The van der Waals surface area contributed by atoms with Crippen molar-refractivity contribution in [1.82, 2.24) is 10.2 Å². The minimum Gasteiger partial charge on any atom is -0.350 e. The molecule has 230 valence electrons. The van der Waals surface area contributed by atoms with E-state index in [4.69, 9.17) is 11.6 Å². The number of hydrogen-bond donors (Lipinski definition) is 1. The first-order chi connectivity index (χ1) is 20.8. The van der Waals surface area contributed by atoms with Gasteiger partial charge < -0.3 is 10.2 Å². The summed E-state index contributed by atoms with van der Waals surface area (Å²) < 4.78 is 29.9. The summed E-state index contributed by atoms with van der Waals surface area (Å²) in [5.41, 5.74) is 1.29. The average Bonchev–Trinajstić information content (AvgIpc) is 2.97. The highest BCUT2D eigenvalue weighted by molar-refractivity contribution is 9.10. The lowest BCUT2D eigenvalue weighted by molar-refractivity contribution is -0.140. The molecule has 0 aromatic heterocycles. The van der Waals surface area contributed by atoms with Gasteiger partial charge in [-0.25, -0.2) is 8.42 Å². The monoisotopic (exact) mass is 695 g/mol. The van der Waals surface area contributed by atoms with Gasteiger partial charge in [-0.1, -0.05) is 94.3 Å². The maximum absolute atomic E-state index is 14.5. The van der Waals surface area contributed by atoms with Crippen molar-refractivity contribution in [2.45, 2.75) is 50.2 Å². The first-order valence-electron chi connectivity index (χ1n) is 14.1. The maximum Gasteiger partial charge on any atom is 0.264 e. The first kappa shape index (κ1) is 33.2. The second kappa shape index (κ2) is 14.4.